The predicted molar refractivity (Wildman–Crippen MR) is 116 cm³/mol. The van der Waals surface area contributed by atoms with Crippen molar-refractivity contribution in [2.45, 2.75) is 33.9 Å². The number of thiazole rings is 1. The number of hydrogen-bond donors (Lipinski definition) is 2. The summed E-state index contributed by atoms with van der Waals surface area (Å²) >= 11 is 1.25. The van der Waals surface area contributed by atoms with Crippen LogP contribution in [0.25, 0.3) is 0 Å². The molecule has 0 saturated heterocycles. The number of aryl methyl sites for hydroxylation is 3. The lowest BCUT2D eigenvalue weighted by molar-refractivity contribution is 0.0781. The minimum Gasteiger partial charge on any atom is -0.336 e. The van der Waals surface area contributed by atoms with Gasteiger partial charge in [0.05, 0.1) is 29.2 Å². The fourth-order valence-corrected chi connectivity index (χ4v) is 3.80. The molecule has 3 aromatic rings. The molecule has 0 fully saturated rings. The first-order chi connectivity index (χ1) is 14.7. The number of benzene rings is 1. The Hall–Kier alpha value is -3.40. The number of anilines is 1. The van der Waals surface area contributed by atoms with E-state index in [1.807, 2.05) is 0 Å². The Bertz CT molecular complexity index is 1090. The minimum atomic E-state index is -0.447. The number of nitrogens with one attached hydrogen (secondary N) is 2. The van der Waals surface area contributed by atoms with E-state index in [-0.39, 0.29) is 24.8 Å². The molecule has 10 heteroatoms. The Morgan fingerprint density at radius 1 is 1.13 bits per heavy atom. The summed E-state index contributed by atoms with van der Waals surface area (Å²) in [6.45, 7) is 5.83. The normalized spacial score (nSPS) is 10.6. The standard InChI is InChI=1S/C21H23FN6O2S/c1-12-18(13(2)25-14(3)24-12)19(29)28(4)10-17-11-31-21(26-17)27-20(30)23-9-15-6-5-7-16(22)8-15/h5-8,11H,9-10H2,1-4H3,(H2,23,26,27,30). The third kappa shape index (κ3) is 5.82. The van der Waals surface area contributed by atoms with Gasteiger partial charge < -0.3 is 10.2 Å². The fraction of sp³-hybridized carbons (Fsp3) is 0.286. The van der Waals surface area contributed by atoms with Crippen LogP contribution in [0.1, 0.15) is 38.8 Å². The van der Waals surface area contributed by atoms with Crippen LogP contribution in [0.3, 0.4) is 0 Å². The first-order valence-corrected chi connectivity index (χ1v) is 10.4. The van der Waals surface area contributed by atoms with Crippen LogP contribution in [0.15, 0.2) is 29.6 Å². The Labute approximate surface area is 183 Å². The van der Waals surface area contributed by atoms with Gasteiger partial charge in [-0.25, -0.2) is 24.1 Å². The summed E-state index contributed by atoms with van der Waals surface area (Å²) in [5.74, 6) is 0.0796. The summed E-state index contributed by atoms with van der Waals surface area (Å²) in [4.78, 5) is 39.4. The van der Waals surface area contributed by atoms with E-state index in [0.29, 0.717) is 39.2 Å². The van der Waals surface area contributed by atoms with E-state index in [1.165, 1.54) is 28.4 Å². The molecule has 0 unspecified atom stereocenters. The van der Waals surface area contributed by atoms with Gasteiger partial charge in [0.15, 0.2) is 5.13 Å². The molecule has 0 aliphatic rings. The fourth-order valence-electron chi connectivity index (χ4n) is 3.11. The molecule has 162 valence electrons. The van der Waals surface area contributed by atoms with Crippen molar-refractivity contribution >= 4 is 28.4 Å². The zero-order valence-corrected chi connectivity index (χ0v) is 18.5. The van der Waals surface area contributed by atoms with E-state index in [4.69, 9.17) is 0 Å². The Morgan fingerprint density at radius 2 is 1.84 bits per heavy atom. The number of aromatic nitrogens is 3. The Balaban J connectivity index is 1.57. The van der Waals surface area contributed by atoms with Crippen molar-refractivity contribution in [3.05, 3.63) is 69.5 Å². The summed E-state index contributed by atoms with van der Waals surface area (Å²) in [5, 5.41) is 7.48. The number of nitrogens with zero attached hydrogens (tertiary/aromatic N) is 4. The molecular weight excluding hydrogens is 419 g/mol. The molecule has 0 radical (unpaired) electrons. The highest BCUT2D eigenvalue weighted by atomic mass is 32.1. The topological polar surface area (TPSA) is 100 Å². The van der Waals surface area contributed by atoms with Crippen molar-refractivity contribution in [1.82, 2.24) is 25.2 Å². The monoisotopic (exact) mass is 442 g/mol. The average molecular weight is 443 g/mol. The number of halogens is 1. The van der Waals surface area contributed by atoms with E-state index in [1.54, 1.807) is 45.3 Å². The zero-order valence-electron chi connectivity index (χ0n) is 17.7. The number of amides is 3. The molecule has 0 saturated carbocycles. The number of rotatable bonds is 6. The number of urea groups is 1. The van der Waals surface area contributed by atoms with Crippen molar-refractivity contribution in [2.24, 2.45) is 0 Å². The van der Waals surface area contributed by atoms with Gasteiger partial charge in [-0.15, -0.1) is 11.3 Å². The summed E-state index contributed by atoms with van der Waals surface area (Å²) in [6, 6.07) is 5.56. The number of carbonyl (C=O) groups excluding carboxylic acids is 2. The van der Waals surface area contributed by atoms with E-state index in [0.717, 1.165) is 0 Å². The van der Waals surface area contributed by atoms with Gasteiger partial charge in [0, 0.05) is 19.0 Å². The lowest BCUT2D eigenvalue weighted by Gasteiger charge is -2.18. The maximum atomic E-state index is 13.2. The van der Waals surface area contributed by atoms with E-state index < -0.39 is 6.03 Å². The van der Waals surface area contributed by atoms with Crippen LogP contribution in [0.4, 0.5) is 14.3 Å². The van der Waals surface area contributed by atoms with Crippen molar-refractivity contribution in [3.8, 4) is 0 Å². The van der Waals surface area contributed by atoms with Crippen LogP contribution in [0.5, 0.6) is 0 Å². The van der Waals surface area contributed by atoms with Crippen LogP contribution in [-0.2, 0) is 13.1 Å². The highest BCUT2D eigenvalue weighted by Crippen LogP contribution is 2.18. The van der Waals surface area contributed by atoms with Crippen LogP contribution in [0, 0.1) is 26.6 Å². The van der Waals surface area contributed by atoms with Gasteiger partial charge in [0.1, 0.15) is 11.6 Å². The Kier molecular flexibility index (Phi) is 6.91. The zero-order chi connectivity index (χ0) is 22.5. The maximum Gasteiger partial charge on any atom is 0.321 e. The molecule has 2 N–H and O–H groups in total. The van der Waals surface area contributed by atoms with Gasteiger partial charge >= 0.3 is 6.03 Å². The van der Waals surface area contributed by atoms with Gasteiger partial charge in [-0.3, -0.25) is 10.1 Å². The Morgan fingerprint density at radius 3 is 2.52 bits per heavy atom. The van der Waals surface area contributed by atoms with Crippen molar-refractivity contribution in [1.29, 1.82) is 0 Å². The van der Waals surface area contributed by atoms with Gasteiger partial charge in [0.25, 0.3) is 5.91 Å². The van der Waals surface area contributed by atoms with Crippen molar-refractivity contribution in [2.75, 3.05) is 12.4 Å². The minimum absolute atomic E-state index is 0.189. The van der Waals surface area contributed by atoms with Crippen LogP contribution in [-0.4, -0.2) is 38.8 Å². The highest BCUT2D eigenvalue weighted by molar-refractivity contribution is 7.13. The third-order valence-electron chi connectivity index (χ3n) is 4.46. The molecule has 0 bridgehead atoms. The molecule has 0 aliphatic carbocycles. The molecule has 3 amide bonds. The molecule has 0 spiro atoms. The molecule has 3 rings (SSSR count). The molecule has 2 heterocycles. The molecule has 0 aliphatic heterocycles. The average Bonchev–Trinajstić information content (AvgIpc) is 3.12. The second-order valence-electron chi connectivity index (χ2n) is 7.06. The quantitative estimate of drug-likeness (QED) is 0.608. The van der Waals surface area contributed by atoms with Gasteiger partial charge in [0.2, 0.25) is 0 Å². The lowest BCUT2D eigenvalue weighted by Crippen LogP contribution is -2.29. The van der Waals surface area contributed by atoms with Gasteiger partial charge in [-0.2, -0.15) is 0 Å². The lowest BCUT2D eigenvalue weighted by atomic mass is 10.1. The summed E-state index contributed by atoms with van der Waals surface area (Å²) < 4.78 is 13.2. The largest absolute Gasteiger partial charge is 0.336 e. The van der Waals surface area contributed by atoms with Crippen LogP contribution >= 0.6 is 11.3 Å². The van der Waals surface area contributed by atoms with Crippen LogP contribution in [0.2, 0.25) is 0 Å². The smallest absolute Gasteiger partial charge is 0.321 e. The summed E-state index contributed by atoms with van der Waals surface area (Å²) in [5.41, 5.74) is 3.05. The summed E-state index contributed by atoms with van der Waals surface area (Å²) in [6.07, 6.45) is 0. The van der Waals surface area contributed by atoms with Gasteiger partial charge in [-0.1, -0.05) is 12.1 Å². The van der Waals surface area contributed by atoms with Crippen molar-refractivity contribution in [3.63, 3.8) is 0 Å². The molecular formula is C21H23FN6O2S. The molecule has 2 aromatic heterocycles. The van der Waals surface area contributed by atoms with Gasteiger partial charge in [-0.05, 0) is 38.5 Å². The highest BCUT2D eigenvalue weighted by Gasteiger charge is 2.20. The second kappa shape index (κ2) is 9.61. The first-order valence-electron chi connectivity index (χ1n) is 9.54. The molecule has 31 heavy (non-hydrogen) atoms. The SMILES string of the molecule is Cc1nc(C)c(C(=O)N(C)Cc2csc(NC(=O)NCc3cccc(F)c3)n2)c(C)n1. The maximum absolute atomic E-state index is 13.2. The third-order valence-corrected chi connectivity index (χ3v) is 5.26. The predicted octanol–water partition coefficient (Wildman–Crippen LogP) is 3.59. The molecule has 0 atom stereocenters. The van der Waals surface area contributed by atoms with Crippen LogP contribution < -0.4 is 10.6 Å². The number of carbonyl (C=O) groups is 2. The first kappa shape index (κ1) is 22.3. The molecule has 1 aromatic carbocycles. The van der Waals surface area contributed by atoms with E-state index in [2.05, 4.69) is 25.6 Å². The second-order valence-corrected chi connectivity index (χ2v) is 7.92. The van der Waals surface area contributed by atoms with E-state index >= 15 is 0 Å². The van der Waals surface area contributed by atoms with Crippen molar-refractivity contribution < 1.29 is 14.0 Å². The van der Waals surface area contributed by atoms with E-state index in [9.17, 15) is 14.0 Å². The molecule has 8 nitrogen and oxygen atoms in total. The summed E-state index contributed by atoms with van der Waals surface area (Å²) in [7, 11) is 1.68. The number of hydrogen-bond acceptors (Lipinski definition) is 6.